The summed E-state index contributed by atoms with van der Waals surface area (Å²) in [6.07, 6.45) is 4.58. The Kier molecular flexibility index (Phi) is 8.71. The lowest BCUT2D eigenvalue weighted by molar-refractivity contribution is -0.127. The summed E-state index contributed by atoms with van der Waals surface area (Å²) in [5.41, 5.74) is 3.30. The van der Waals surface area contributed by atoms with E-state index in [0.717, 1.165) is 41.1 Å². The number of hydrogen-bond acceptors (Lipinski definition) is 8. The predicted molar refractivity (Wildman–Crippen MR) is 159 cm³/mol. The average molecular weight is 596 g/mol. The third-order valence-corrected chi connectivity index (χ3v) is 10.7. The highest BCUT2D eigenvalue weighted by atomic mass is 32.2. The Morgan fingerprint density at radius 1 is 1.12 bits per heavy atom. The molecule has 0 radical (unpaired) electrons. The number of carbonyl (C=O) groups is 1. The predicted octanol–water partition coefficient (Wildman–Crippen LogP) is 5.18. The number of carbonyl (C=O) groups excluding carboxylic acids is 1. The van der Waals surface area contributed by atoms with Crippen LogP contribution in [0.1, 0.15) is 51.1 Å². The van der Waals surface area contributed by atoms with Crippen LogP contribution in [0.2, 0.25) is 0 Å². The summed E-state index contributed by atoms with van der Waals surface area (Å²) in [6.45, 7) is 4.76. The SMILES string of the molecule is CC(C)C(C#N)NC(=O)C1CCCCC1c1nc(-c2ccc(F)cn2)sc1-c1ccc(N2CCS(=O)(=O)CC2)cc1. The van der Waals surface area contributed by atoms with Crippen molar-refractivity contribution in [3.05, 3.63) is 54.1 Å². The Morgan fingerprint density at radius 3 is 2.46 bits per heavy atom. The van der Waals surface area contributed by atoms with Crippen molar-refractivity contribution in [3.63, 3.8) is 0 Å². The van der Waals surface area contributed by atoms with Crippen molar-refractivity contribution in [1.29, 1.82) is 5.26 Å². The Balaban J connectivity index is 1.50. The van der Waals surface area contributed by atoms with Gasteiger partial charge < -0.3 is 10.2 Å². The lowest BCUT2D eigenvalue weighted by atomic mass is 9.76. The molecular formula is C30H34FN5O3S2. The van der Waals surface area contributed by atoms with E-state index in [1.54, 1.807) is 6.07 Å². The first-order chi connectivity index (χ1) is 19.6. The summed E-state index contributed by atoms with van der Waals surface area (Å²) in [5.74, 6) is -0.702. The largest absolute Gasteiger partial charge is 0.369 e. The Bertz CT molecular complexity index is 1520. The maximum atomic E-state index is 13.6. The van der Waals surface area contributed by atoms with Gasteiger partial charge in [0, 0.05) is 30.6 Å². The number of rotatable bonds is 7. The standard InChI is InChI=1S/C30H34FN5O3S2/c1-19(2)26(17-32)34-29(37)24-6-4-3-5-23(24)27-28(40-30(35-27)25-12-9-21(31)18-33-25)20-7-10-22(11-8-20)36-13-15-41(38,39)16-14-36/h7-12,18-19,23-24,26H,3-6,13-16H2,1-2H3,(H,34,37). The van der Waals surface area contributed by atoms with Gasteiger partial charge in [-0.25, -0.2) is 17.8 Å². The quantitative estimate of drug-likeness (QED) is 0.400. The van der Waals surface area contributed by atoms with E-state index in [2.05, 4.69) is 21.3 Å². The maximum absolute atomic E-state index is 13.6. The van der Waals surface area contributed by atoms with Crippen molar-refractivity contribution in [3.8, 4) is 27.2 Å². The first kappa shape index (κ1) is 29.1. The molecule has 2 aromatic heterocycles. The van der Waals surface area contributed by atoms with Gasteiger partial charge in [0.2, 0.25) is 5.91 Å². The van der Waals surface area contributed by atoms with Gasteiger partial charge in [-0.05, 0) is 48.6 Å². The highest BCUT2D eigenvalue weighted by molar-refractivity contribution is 7.91. The minimum absolute atomic E-state index is 0.00416. The molecule has 1 aliphatic carbocycles. The normalized spacial score (nSPS) is 21.3. The van der Waals surface area contributed by atoms with Gasteiger partial charge in [-0.3, -0.25) is 9.78 Å². The molecule has 2 aliphatic rings. The molecule has 0 spiro atoms. The second kappa shape index (κ2) is 12.2. The number of aromatic nitrogens is 2. The number of nitriles is 1. The van der Waals surface area contributed by atoms with Crippen LogP contribution in [0.5, 0.6) is 0 Å². The van der Waals surface area contributed by atoms with Gasteiger partial charge in [0.05, 0.1) is 40.0 Å². The Labute approximate surface area is 244 Å². The van der Waals surface area contributed by atoms with E-state index in [4.69, 9.17) is 4.98 Å². The molecule has 3 heterocycles. The number of benzene rings is 1. The average Bonchev–Trinajstić information content (AvgIpc) is 3.41. The number of anilines is 1. The highest BCUT2D eigenvalue weighted by Crippen LogP contribution is 2.45. The molecule has 3 atom stereocenters. The topological polar surface area (TPSA) is 116 Å². The first-order valence-corrected chi connectivity index (χ1v) is 16.7. The second-order valence-corrected chi connectivity index (χ2v) is 14.4. The van der Waals surface area contributed by atoms with Crippen LogP contribution in [0.4, 0.5) is 10.1 Å². The molecule has 5 rings (SSSR count). The molecule has 8 nitrogen and oxygen atoms in total. The van der Waals surface area contributed by atoms with Gasteiger partial charge in [0.25, 0.3) is 0 Å². The van der Waals surface area contributed by atoms with E-state index in [1.165, 1.54) is 23.6 Å². The van der Waals surface area contributed by atoms with E-state index >= 15 is 0 Å². The summed E-state index contributed by atoms with van der Waals surface area (Å²) < 4.78 is 37.4. The number of thiazole rings is 1. The molecule has 1 aromatic carbocycles. The van der Waals surface area contributed by atoms with Crippen LogP contribution in [-0.2, 0) is 14.6 Å². The fourth-order valence-corrected chi connectivity index (χ4v) is 7.90. The molecule has 1 amide bonds. The van der Waals surface area contributed by atoms with Gasteiger partial charge in [0.1, 0.15) is 16.9 Å². The molecule has 216 valence electrons. The van der Waals surface area contributed by atoms with E-state index < -0.39 is 21.7 Å². The summed E-state index contributed by atoms with van der Waals surface area (Å²) in [7, 11) is -2.97. The molecule has 11 heteroatoms. The Morgan fingerprint density at radius 2 is 1.83 bits per heavy atom. The lowest BCUT2D eigenvalue weighted by Gasteiger charge is -2.31. The zero-order chi connectivity index (χ0) is 29.1. The molecule has 41 heavy (non-hydrogen) atoms. The maximum Gasteiger partial charge on any atom is 0.224 e. The number of nitrogens with one attached hydrogen (secondary N) is 1. The monoisotopic (exact) mass is 595 g/mol. The number of halogens is 1. The van der Waals surface area contributed by atoms with Crippen LogP contribution in [0.15, 0.2) is 42.6 Å². The third-order valence-electron chi connectivity index (χ3n) is 8.00. The van der Waals surface area contributed by atoms with Gasteiger partial charge >= 0.3 is 0 Å². The van der Waals surface area contributed by atoms with Crippen LogP contribution in [0, 0.1) is 29.0 Å². The summed E-state index contributed by atoms with van der Waals surface area (Å²) in [6, 6.07) is 12.6. The van der Waals surface area contributed by atoms with Crippen molar-refractivity contribution in [2.24, 2.45) is 11.8 Å². The van der Waals surface area contributed by atoms with Crippen molar-refractivity contribution in [2.45, 2.75) is 51.5 Å². The van der Waals surface area contributed by atoms with Crippen LogP contribution in [-0.4, -0.2) is 54.9 Å². The summed E-state index contributed by atoms with van der Waals surface area (Å²) in [4.78, 5) is 25.8. The lowest BCUT2D eigenvalue weighted by Crippen LogP contribution is -2.43. The van der Waals surface area contributed by atoms with Crippen LogP contribution >= 0.6 is 11.3 Å². The van der Waals surface area contributed by atoms with Crippen molar-refractivity contribution >= 4 is 32.8 Å². The van der Waals surface area contributed by atoms with Crippen LogP contribution in [0.3, 0.4) is 0 Å². The smallest absolute Gasteiger partial charge is 0.224 e. The van der Waals surface area contributed by atoms with E-state index in [9.17, 15) is 22.9 Å². The van der Waals surface area contributed by atoms with E-state index in [1.807, 2.05) is 38.1 Å². The minimum Gasteiger partial charge on any atom is -0.369 e. The zero-order valence-corrected chi connectivity index (χ0v) is 24.8. The van der Waals surface area contributed by atoms with Crippen LogP contribution < -0.4 is 10.2 Å². The molecule has 0 bridgehead atoms. The molecule has 2 fully saturated rings. The molecule has 1 saturated heterocycles. The van der Waals surface area contributed by atoms with Gasteiger partial charge in [0.15, 0.2) is 9.84 Å². The first-order valence-electron chi connectivity index (χ1n) is 14.0. The number of hydrogen-bond donors (Lipinski definition) is 1. The number of nitrogens with zero attached hydrogens (tertiary/aromatic N) is 4. The number of amides is 1. The van der Waals surface area contributed by atoms with Gasteiger partial charge in [-0.2, -0.15) is 5.26 Å². The molecule has 3 aromatic rings. The molecule has 1 N–H and O–H groups in total. The third kappa shape index (κ3) is 6.60. The minimum atomic E-state index is -2.97. The molecule has 1 saturated carbocycles. The van der Waals surface area contributed by atoms with Gasteiger partial charge in [-0.15, -0.1) is 11.3 Å². The van der Waals surface area contributed by atoms with E-state index in [-0.39, 0.29) is 35.2 Å². The number of sulfone groups is 1. The summed E-state index contributed by atoms with van der Waals surface area (Å²) in [5, 5.41) is 13.2. The van der Waals surface area contributed by atoms with Crippen molar-refractivity contribution in [1.82, 2.24) is 15.3 Å². The fraction of sp³-hybridized carbons (Fsp3) is 0.467. The van der Waals surface area contributed by atoms with Crippen molar-refractivity contribution < 1.29 is 17.6 Å². The Hall–Kier alpha value is -3.36. The highest BCUT2D eigenvalue weighted by Gasteiger charge is 2.37. The molecular weight excluding hydrogens is 561 g/mol. The summed E-state index contributed by atoms with van der Waals surface area (Å²) >= 11 is 1.47. The molecule has 1 aliphatic heterocycles. The van der Waals surface area contributed by atoms with E-state index in [0.29, 0.717) is 30.2 Å². The van der Waals surface area contributed by atoms with Crippen LogP contribution in [0.25, 0.3) is 21.1 Å². The van der Waals surface area contributed by atoms with Crippen molar-refractivity contribution in [2.75, 3.05) is 29.5 Å². The number of pyridine rings is 1. The molecule has 3 unspecified atom stereocenters. The fourth-order valence-electron chi connectivity index (χ4n) is 5.58. The zero-order valence-electron chi connectivity index (χ0n) is 23.2. The van der Waals surface area contributed by atoms with Gasteiger partial charge in [-0.1, -0.05) is 38.8 Å². The second-order valence-electron chi connectivity index (χ2n) is 11.1.